The molecule has 0 amide bonds. The second kappa shape index (κ2) is 7.01. The molecular weight excluding hydrogens is 391 g/mol. The fourth-order valence-corrected chi connectivity index (χ4v) is 3.72. The van der Waals surface area contributed by atoms with Gasteiger partial charge in [-0.2, -0.15) is 18.4 Å². The van der Waals surface area contributed by atoms with Gasteiger partial charge in [-0.1, -0.05) is 19.1 Å². The molecule has 1 atom stereocenters. The Hall–Kier alpha value is -2.51. The number of hydrogen-bond donors (Lipinski definition) is 1. The van der Waals surface area contributed by atoms with Crippen molar-refractivity contribution < 1.29 is 31.5 Å². The smallest absolute Gasteiger partial charge is 0.477 e. The Kier molecular flexibility index (Phi) is 5.34. The molecule has 138 valence electrons. The highest BCUT2D eigenvalue weighted by Crippen LogP contribution is 2.38. The van der Waals surface area contributed by atoms with Gasteiger partial charge in [0.15, 0.2) is 0 Å². The topological polar surface area (TPSA) is 87.4 Å². The number of nitrogens with zero attached hydrogens (tertiary/aromatic N) is 1. The van der Waals surface area contributed by atoms with Crippen LogP contribution in [0.1, 0.15) is 27.0 Å². The summed E-state index contributed by atoms with van der Waals surface area (Å²) in [5, 5.41) is 18.7. The Balaban J connectivity index is 2.49. The lowest BCUT2D eigenvalue weighted by atomic mass is 10.00. The first-order valence-corrected chi connectivity index (χ1v) is 9.51. The summed E-state index contributed by atoms with van der Waals surface area (Å²) in [6.07, 6.45) is 0.462. The van der Waals surface area contributed by atoms with Gasteiger partial charge in [-0.25, -0.2) is 9.00 Å². The number of benzene rings is 1. The number of aromatic carboxylic acids is 1. The molecule has 2 aromatic rings. The molecule has 0 aliphatic heterocycles. The summed E-state index contributed by atoms with van der Waals surface area (Å²) in [6, 6.07) is 6.80. The molecule has 0 bridgehead atoms. The van der Waals surface area contributed by atoms with Crippen LogP contribution in [0.15, 0.2) is 24.3 Å². The lowest BCUT2D eigenvalue weighted by Crippen LogP contribution is -2.27. The zero-order chi connectivity index (χ0) is 19.7. The van der Waals surface area contributed by atoms with E-state index in [1.165, 1.54) is 12.1 Å². The summed E-state index contributed by atoms with van der Waals surface area (Å²) >= 11 is 0.973. The third kappa shape index (κ3) is 3.68. The number of carboxylic acid groups (broad SMARTS) is 1. The van der Waals surface area contributed by atoms with Crippen molar-refractivity contribution in [3.63, 3.8) is 0 Å². The van der Waals surface area contributed by atoms with Crippen LogP contribution in [0.5, 0.6) is 5.75 Å². The number of aryl methyl sites for hydroxylation is 1. The predicted molar refractivity (Wildman–Crippen MR) is 92.8 cm³/mol. The van der Waals surface area contributed by atoms with Crippen LogP contribution in [0, 0.1) is 11.3 Å². The molecule has 10 heteroatoms. The molecule has 0 spiro atoms. The van der Waals surface area contributed by atoms with Gasteiger partial charge in [0, 0.05) is 10.4 Å². The van der Waals surface area contributed by atoms with Gasteiger partial charge < -0.3 is 9.29 Å². The Labute approximate surface area is 151 Å². The van der Waals surface area contributed by atoms with Gasteiger partial charge in [-0.05, 0) is 30.0 Å². The molecule has 1 aromatic carbocycles. The van der Waals surface area contributed by atoms with E-state index in [1.807, 2.05) is 6.07 Å². The van der Waals surface area contributed by atoms with Crippen molar-refractivity contribution in [3.8, 4) is 22.9 Å². The van der Waals surface area contributed by atoms with E-state index < -0.39 is 21.3 Å². The van der Waals surface area contributed by atoms with Gasteiger partial charge in [0.2, 0.25) is 9.80 Å². The van der Waals surface area contributed by atoms with E-state index in [9.17, 15) is 32.5 Å². The van der Waals surface area contributed by atoms with Crippen LogP contribution in [0.4, 0.5) is 13.2 Å². The summed E-state index contributed by atoms with van der Waals surface area (Å²) in [5.74, 6) is 1.01. The number of hydrogen-bond acceptors (Lipinski definition) is 5. The molecule has 0 aliphatic carbocycles. The maximum Gasteiger partial charge on any atom is 0.496 e. The molecule has 2 rings (SSSR count). The summed E-state index contributed by atoms with van der Waals surface area (Å²) in [5.41, 5.74) is -4.40. The first-order chi connectivity index (χ1) is 12.0. The third-order valence-electron chi connectivity index (χ3n) is 3.33. The van der Waals surface area contributed by atoms with Crippen LogP contribution in [-0.2, 0) is 16.2 Å². The number of rotatable bonds is 5. The van der Waals surface area contributed by atoms with Gasteiger partial charge in [-0.15, -0.1) is 11.3 Å². The molecule has 5 nitrogen and oxygen atoms in total. The van der Waals surface area contributed by atoms with Gasteiger partial charge in [0.1, 0.15) is 16.7 Å². The molecule has 0 saturated heterocycles. The van der Waals surface area contributed by atoms with E-state index in [-0.39, 0.29) is 21.8 Å². The van der Waals surface area contributed by atoms with E-state index >= 15 is 0 Å². The average Bonchev–Trinajstić information content (AvgIpc) is 2.93. The molecule has 0 fully saturated rings. The zero-order valence-electron chi connectivity index (χ0n) is 13.3. The number of carbonyl (C=O) groups is 1. The standard InChI is InChI=1S/C16H12F3NO4S2/c1-3-12-11(8-20)13(14(25-12)15(21)22)9-4-6-10(7-5-9)24-26(2,23)16(17,18)19/h4-7H,2-3H2,1H3,(H,21,22). The van der Waals surface area contributed by atoms with Crippen molar-refractivity contribution >= 4 is 33.0 Å². The monoisotopic (exact) mass is 403 g/mol. The molecular formula is C16H12F3NO4S2. The molecule has 1 unspecified atom stereocenters. The van der Waals surface area contributed by atoms with Crippen molar-refractivity contribution in [1.29, 1.82) is 5.26 Å². The highest BCUT2D eigenvalue weighted by atomic mass is 32.2. The molecule has 1 heterocycles. The molecule has 0 saturated carbocycles. The first-order valence-electron chi connectivity index (χ1n) is 7.04. The van der Waals surface area contributed by atoms with Crippen molar-refractivity contribution in [2.24, 2.45) is 0 Å². The first kappa shape index (κ1) is 19.8. The van der Waals surface area contributed by atoms with Crippen LogP contribution in [-0.4, -0.2) is 26.7 Å². The number of alkyl halides is 3. The van der Waals surface area contributed by atoms with Crippen molar-refractivity contribution in [3.05, 3.63) is 39.6 Å². The second-order valence-corrected chi connectivity index (χ2v) is 8.01. The molecule has 0 radical (unpaired) electrons. The summed E-state index contributed by atoms with van der Waals surface area (Å²) < 4.78 is 53.6. The number of carboxylic acids is 1. The van der Waals surface area contributed by atoms with Gasteiger partial charge in [0.05, 0.1) is 5.56 Å². The molecule has 26 heavy (non-hydrogen) atoms. The maximum absolute atomic E-state index is 12.6. The summed E-state index contributed by atoms with van der Waals surface area (Å²) in [7, 11) is -4.81. The summed E-state index contributed by atoms with van der Waals surface area (Å²) in [6.45, 7) is 1.78. The van der Waals surface area contributed by atoms with E-state index in [0.717, 1.165) is 23.5 Å². The van der Waals surface area contributed by atoms with Crippen molar-refractivity contribution in [1.82, 2.24) is 0 Å². The normalized spacial score (nSPS) is 13.7. The highest BCUT2D eigenvalue weighted by molar-refractivity contribution is 7.97. The lowest BCUT2D eigenvalue weighted by molar-refractivity contribution is -0.0447. The number of nitriles is 1. The van der Waals surface area contributed by atoms with E-state index in [2.05, 4.69) is 10.1 Å². The van der Waals surface area contributed by atoms with Crippen molar-refractivity contribution in [2.75, 3.05) is 0 Å². The predicted octanol–water partition coefficient (Wildman–Crippen LogP) is 4.08. The molecule has 0 aliphatic rings. The average molecular weight is 403 g/mol. The quantitative estimate of drug-likeness (QED) is 0.760. The molecule has 1 aromatic heterocycles. The zero-order valence-corrected chi connectivity index (χ0v) is 14.9. The van der Waals surface area contributed by atoms with Crippen LogP contribution >= 0.6 is 11.3 Å². The largest absolute Gasteiger partial charge is 0.496 e. The van der Waals surface area contributed by atoms with Crippen LogP contribution < -0.4 is 4.18 Å². The van der Waals surface area contributed by atoms with E-state index in [4.69, 9.17) is 0 Å². The third-order valence-corrected chi connectivity index (χ3v) is 5.82. The van der Waals surface area contributed by atoms with Crippen LogP contribution in [0.2, 0.25) is 0 Å². The van der Waals surface area contributed by atoms with E-state index in [0.29, 0.717) is 16.9 Å². The fraction of sp³-hybridized carbons (Fsp3) is 0.188. The minimum Gasteiger partial charge on any atom is -0.477 e. The Morgan fingerprint density at radius 1 is 1.38 bits per heavy atom. The Bertz CT molecular complexity index is 984. The minimum atomic E-state index is -5.13. The fourth-order valence-electron chi connectivity index (χ4n) is 2.15. The van der Waals surface area contributed by atoms with Gasteiger partial charge in [-0.3, -0.25) is 0 Å². The lowest BCUT2D eigenvalue weighted by Gasteiger charge is -2.14. The Morgan fingerprint density at radius 3 is 2.38 bits per heavy atom. The van der Waals surface area contributed by atoms with Gasteiger partial charge >= 0.3 is 11.5 Å². The Morgan fingerprint density at radius 2 is 1.96 bits per heavy atom. The second-order valence-electron chi connectivity index (χ2n) is 5.04. The molecule has 1 N–H and O–H groups in total. The van der Waals surface area contributed by atoms with Gasteiger partial charge in [0.25, 0.3) is 0 Å². The maximum atomic E-state index is 12.6. The highest BCUT2D eigenvalue weighted by Gasteiger charge is 2.42. The SMILES string of the molecule is C=S(=O)(Oc1ccc(-c2c(C(=O)O)sc(CC)c2C#N)cc1)C(F)(F)F. The number of thiophene rings is 1. The minimum absolute atomic E-state index is 0.0386. The van der Waals surface area contributed by atoms with E-state index in [1.54, 1.807) is 6.92 Å². The van der Waals surface area contributed by atoms with Crippen LogP contribution in [0.25, 0.3) is 11.1 Å². The van der Waals surface area contributed by atoms with Crippen LogP contribution in [0.3, 0.4) is 0 Å². The summed E-state index contributed by atoms with van der Waals surface area (Å²) in [4.78, 5) is 12.0. The number of halogens is 3. The van der Waals surface area contributed by atoms with Crippen molar-refractivity contribution in [2.45, 2.75) is 18.9 Å².